The van der Waals surface area contributed by atoms with E-state index in [0.29, 0.717) is 21.5 Å². The molecule has 0 unspecified atom stereocenters. The number of nitro benzene ring substituents is 1. The average molecular weight is 542 g/mol. The predicted octanol–water partition coefficient (Wildman–Crippen LogP) is 4.20. The van der Waals surface area contributed by atoms with Crippen LogP contribution >= 0.6 is 7.60 Å². The minimum absolute atomic E-state index is 0.0114. The standard InChI is InChI=1S/C24H20FN4O8P/c25-17-6-1-15(2-7-17)3-10-23(30)26-18-8-4-16(5-9-18)24-27-19-13-22(37-11-12-38(34,35)36)21(29(32)33)14-20(19)28(24)31/h1-10,13-14,31H,11-12H2,(H,26,30)(H2,34,35,36). The summed E-state index contributed by atoms with van der Waals surface area (Å²) in [6.45, 7) is -0.463. The Morgan fingerprint density at radius 1 is 1.16 bits per heavy atom. The van der Waals surface area contributed by atoms with E-state index < -0.39 is 36.9 Å². The van der Waals surface area contributed by atoms with Gasteiger partial charge in [-0.25, -0.2) is 9.37 Å². The highest BCUT2D eigenvalue weighted by Crippen LogP contribution is 2.36. The molecule has 3 aromatic carbocycles. The number of fused-ring (bicyclic) bond motifs is 1. The molecule has 0 aliphatic rings. The van der Waals surface area contributed by atoms with Gasteiger partial charge in [-0.05, 0) is 48.0 Å². The lowest BCUT2D eigenvalue weighted by molar-refractivity contribution is -0.385. The topological polar surface area (TPSA) is 177 Å². The van der Waals surface area contributed by atoms with Crippen LogP contribution in [0.3, 0.4) is 0 Å². The number of ether oxygens (including phenoxy) is 1. The first-order valence-electron chi connectivity index (χ1n) is 10.9. The number of nitrogens with one attached hydrogen (secondary N) is 1. The van der Waals surface area contributed by atoms with Crippen LogP contribution in [0.2, 0.25) is 0 Å². The molecule has 4 rings (SSSR count). The molecule has 0 bridgehead atoms. The fourth-order valence-electron chi connectivity index (χ4n) is 3.43. The van der Waals surface area contributed by atoms with Gasteiger partial charge in [-0.2, -0.15) is 4.73 Å². The molecular formula is C24H20FN4O8P. The highest BCUT2D eigenvalue weighted by Gasteiger charge is 2.23. The Kier molecular flexibility index (Phi) is 7.53. The molecule has 196 valence electrons. The van der Waals surface area contributed by atoms with Gasteiger partial charge in [0.15, 0.2) is 11.6 Å². The first kappa shape index (κ1) is 26.5. The van der Waals surface area contributed by atoms with E-state index >= 15 is 0 Å². The lowest BCUT2D eigenvalue weighted by atomic mass is 10.2. The van der Waals surface area contributed by atoms with Crippen molar-refractivity contribution in [2.24, 2.45) is 0 Å². The van der Waals surface area contributed by atoms with Gasteiger partial charge in [-0.1, -0.05) is 12.1 Å². The van der Waals surface area contributed by atoms with Crippen molar-refractivity contribution in [2.75, 3.05) is 18.1 Å². The first-order valence-corrected chi connectivity index (χ1v) is 12.7. The van der Waals surface area contributed by atoms with Crippen molar-refractivity contribution in [1.82, 2.24) is 9.71 Å². The molecule has 0 saturated carbocycles. The third kappa shape index (κ3) is 6.40. The Labute approximate surface area is 213 Å². The molecule has 0 aliphatic carbocycles. The number of anilines is 1. The van der Waals surface area contributed by atoms with Gasteiger partial charge in [0.1, 0.15) is 11.3 Å². The summed E-state index contributed by atoms with van der Waals surface area (Å²) < 4.78 is 29.9. The predicted molar refractivity (Wildman–Crippen MR) is 135 cm³/mol. The number of hydrogen-bond donors (Lipinski definition) is 4. The monoisotopic (exact) mass is 542 g/mol. The van der Waals surface area contributed by atoms with E-state index in [-0.39, 0.29) is 28.4 Å². The van der Waals surface area contributed by atoms with Gasteiger partial charge in [0.05, 0.1) is 23.2 Å². The SMILES string of the molecule is O=C(C=Cc1ccc(F)cc1)Nc1ccc(-c2nc3cc(OCCP(=O)(O)O)c([N+](=O)[O-])cc3n2O)cc1. The molecule has 4 aromatic rings. The Morgan fingerprint density at radius 3 is 2.47 bits per heavy atom. The molecule has 0 spiro atoms. The molecule has 0 radical (unpaired) electrons. The van der Waals surface area contributed by atoms with Gasteiger partial charge in [-0.15, -0.1) is 0 Å². The number of rotatable bonds is 9. The van der Waals surface area contributed by atoms with Gasteiger partial charge in [0, 0.05) is 29.5 Å². The number of aromatic nitrogens is 2. The van der Waals surface area contributed by atoms with Crippen molar-refractivity contribution < 1.29 is 38.4 Å². The summed E-state index contributed by atoms with van der Waals surface area (Å²) in [5, 5.41) is 24.8. The van der Waals surface area contributed by atoms with Crippen LogP contribution < -0.4 is 10.1 Å². The third-order valence-electron chi connectivity index (χ3n) is 5.26. The second-order valence-corrected chi connectivity index (χ2v) is 9.78. The van der Waals surface area contributed by atoms with E-state index in [1.807, 2.05) is 0 Å². The number of amides is 1. The summed E-state index contributed by atoms with van der Waals surface area (Å²) in [5.74, 6) is -1.01. The molecule has 1 aromatic heterocycles. The lowest BCUT2D eigenvalue weighted by Gasteiger charge is -2.08. The van der Waals surface area contributed by atoms with Gasteiger partial charge < -0.3 is 25.0 Å². The summed E-state index contributed by atoms with van der Waals surface area (Å²) >= 11 is 0. The second kappa shape index (κ2) is 10.8. The van der Waals surface area contributed by atoms with Crippen LogP contribution in [0.1, 0.15) is 5.56 Å². The number of benzene rings is 3. The maximum atomic E-state index is 13.0. The number of carbonyl (C=O) groups excluding carboxylic acids is 1. The zero-order chi connectivity index (χ0) is 27.4. The summed E-state index contributed by atoms with van der Waals surface area (Å²) in [7, 11) is -4.36. The average Bonchev–Trinajstić information content (AvgIpc) is 3.18. The molecule has 0 atom stereocenters. The van der Waals surface area contributed by atoms with Crippen LogP contribution in [0.25, 0.3) is 28.5 Å². The van der Waals surface area contributed by atoms with Crippen LogP contribution in [0.4, 0.5) is 15.8 Å². The quantitative estimate of drug-likeness (QED) is 0.0793. The fourth-order valence-corrected chi connectivity index (χ4v) is 3.76. The number of nitro groups is 1. The molecule has 0 aliphatic heterocycles. The minimum Gasteiger partial charge on any atom is -0.486 e. The van der Waals surface area contributed by atoms with Crippen LogP contribution in [0, 0.1) is 15.9 Å². The molecule has 38 heavy (non-hydrogen) atoms. The smallest absolute Gasteiger partial charge is 0.328 e. The minimum atomic E-state index is -4.36. The number of carbonyl (C=O) groups is 1. The number of hydrogen-bond acceptors (Lipinski definition) is 7. The van der Waals surface area contributed by atoms with Crippen molar-refractivity contribution in [3.8, 4) is 17.1 Å². The molecule has 1 amide bonds. The van der Waals surface area contributed by atoms with Crippen LogP contribution in [-0.2, 0) is 9.36 Å². The largest absolute Gasteiger partial charge is 0.486 e. The van der Waals surface area contributed by atoms with E-state index in [2.05, 4.69) is 10.3 Å². The van der Waals surface area contributed by atoms with Crippen LogP contribution in [0.5, 0.6) is 5.75 Å². The van der Waals surface area contributed by atoms with Crippen LogP contribution in [0.15, 0.2) is 66.7 Å². The van der Waals surface area contributed by atoms with Gasteiger partial charge in [0.25, 0.3) is 0 Å². The Bertz CT molecular complexity index is 1580. The molecule has 12 nitrogen and oxygen atoms in total. The molecule has 1 heterocycles. The zero-order valence-corrected chi connectivity index (χ0v) is 20.3. The molecule has 14 heteroatoms. The number of imidazole rings is 1. The van der Waals surface area contributed by atoms with Crippen molar-refractivity contribution in [3.63, 3.8) is 0 Å². The van der Waals surface area contributed by atoms with Crippen molar-refractivity contribution >= 4 is 42.0 Å². The van der Waals surface area contributed by atoms with Gasteiger partial charge in [0.2, 0.25) is 5.91 Å². The summed E-state index contributed by atoms with van der Waals surface area (Å²) in [5.41, 5.74) is 1.15. The molecule has 0 fully saturated rings. The summed E-state index contributed by atoms with van der Waals surface area (Å²) in [4.78, 5) is 45.2. The number of halogens is 1. The van der Waals surface area contributed by atoms with E-state index in [4.69, 9.17) is 14.5 Å². The summed E-state index contributed by atoms with van der Waals surface area (Å²) in [6.07, 6.45) is 2.19. The summed E-state index contributed by atoms with van der Waals surface area (Å²) in [6, 6.07) is 14.1. The van der Waals surface area contributed by atoms with Crippen molar-refractivity contribution in [2.45, 2.75) is 0 Å². The molecular weight excluding hydrogens is 522 g/mol. The van der Waals surface area contributed by atoms with E-state index in [1.54, 1.807) is 24.3 Å². The zero-order valence-electron chi connectivity index (χ0n) is 19.4. The second-order valence-electron chi connectivity index (χ2n) is 8.00. The van der Waals surface area contributed by atoms with Gasteiger partial charge in [-0.3, -0.25) is 19.5 Å². The van der Waals surface area contributed by atoms with Crippen LogP contribution in [-0.4, -0.2) is 48.3 Å². The Morgan fingerprint density at radius 2 is 1.84 bits per heavy atom. The van der Waals surface area contributed by atoms with Gasteiger partial charge >= 0.3 is 13.3 Å². The maximum absolute atomic E-state index is 13.0. The van der Waals surface area contributed by atoms with E-state index in [1.165, 1.54) is 42.5 Å². The van der Waals surface area contributed by atoms with Crippen molar-refractivity contribution in [3.05, 3.63) is 88.2 Å². The Hall–Kier alpha value is -4.58. The maximum Gasteiger partial charge on any atom is 0.328 e. The third-order valence-corrected chi connectivity index (χ3v) is 6.02. The molecule has 4 N–H and O–H groups in total. The Balaban J connectivity index is 1.53. The normalized spacial score (nSPS) is 11.7. The highest BCUT2D eigenvalue weighted by molar-refractivity contribution is 7.51. The number of nitrogens with zero attached hydrogens (tertiary/aromatic N) is 3. The lowest BCUT2D eigenvalue weighted by Crippen LogP contribution is -2.07. The first-order chi connectivity index (χ1) is 18.0. The van der Waals surface area contributed by atoms with E-state index in [0.717, 1.165) is 6.07 Å². The highest BCUT2D eigenvalue weighted by atomic mass is 31.2. The van der Waals surface area contributed by atoms with E-state index in [9.17, 15) is 29.1 Å². The fraction of sp³-hybridized carbons (Fsp3) is 0.0833. The molecule has 0 saturated heterocycles. The van der Waals surface area contributed by atoms with Crippen molar-refractivity contribution in [1.29, 1.82) is 0 Å².